The summed E-state index contributed by atoms with van der Waals surface area (Å²) >= 11 is 0. The van der Waals surface area contributed by atoms with Gasteiger partial charge in [0.05, 0.1) is 19.6 Å². The first kappa shape index (κ1) is 17.6. The Morgan fingerprint density at radius 2 is 1.95 bits per heavy atom. The lowest BCUT2D eigenvalue weighted by atomic mass is 10.0. The number of carbonyl (C=O) groups excluding carboxylic acids is 1. The lowest BCUT2D eigenvalue weighted by Crippen LogP contribution is -2.35. The molecule has 0 saturated heterocycles. The SMILES string of the molecule is COc1ccc(C(CC(=O)O)NC(=O)OC(C)(C)C)c(O)c1. The number of benzene rings is 1. The number of methoxy groups -OCH3 is 1. The summed E-state index contributed by atoms with van der Waals surface area (Å²) in [5.74, 6) is -0.856. The van der Waals surface area contributed by atoms with E-state index in [2.05, 4.69) is 5.32 Å². The van der Waals surface area contributed by atoms with E-state index in [0.717, 1.165) is 0 Å². The van der Waals surface area contributed by atoms with Crippen LogP contribution < -0.4 is 10.1 Å². The molecule has 1 unspecified atom stereocenters. The van der Waals surface area contributed by atoms with Crippen LogP contribution in [-0.2, 0) is 9.53 Å². The second kappa shape index (κ2) is 7.02. The Labute approximate surface area is 128 Å². The number of nitrogens with one attached hydrogen (secondary N) is 1. The summed E-state index contributed by atoms with van der Waals surface area (Å²) in [7, 11) is 1.45. The first-order valence-corrected chi connectivity index (χ1v) is 6.70. The highest BCUT2D eigenvalue weighted by Gasteiger charge is 2.24. The number of hydrogen-bond donors (Lipinski definition) is 3. The fourth-order valence-electron chi connectivity index (χ4n) is 1.81. The van der Waals surface area contributed by atoms with Gasteiger partial charge in [0, 0.05) is 11.6 Å². The average molecular weight is 311 g/mol. The van der Waals surface area contributed by atoms with Crippen molar-refractivity contribution in [3.05, 3.63) is 23.8 Å². The summed E-state index contributed by atoms with van der Waals surface area (Å²) in [6.07, 6.45) is -1.15. The van der Waals surface area contributed by atoms with Crippen LogP contribution in [0.3, 0.4) is 0 Å². The van der Waals surface area contributed by atoms with Gasteiger partial charge in [0.1, 0.15) is 17.1 Å². The van der Waals surface area contributed by atoms with Crippen LogP contribution in [0.2, 0.25) is 0 Å². The highest BCUT2D eigenvalue weighted by Crippen LogP contribution is 2.30. The van der Waals surface area contributed by atoms with Crippen molar-refractivity contribution in [2.75, 3.05) is 7.11 Å². The molecule has 1 aromatic carbocycles. The zero-order valence-corrected chi connectivity index (χ0v) is 13.0. The normalized spacial score (nSPS) is 12.4. The van der Waals surface area contributed by atoms with Gasteiger partial charge in [0.25, 0.3) is 0 Å². The summed E-state index contributed by atoms with van der Waals surface area (Å²) in [5, 5.41) is 21.4. The van der Waals surface area contributed by atoms with Gasteiger partial charge in [-0.2, -0.15) is 0 Å². The summed E-state index contributed by atoms with van der Waals surface area (Å²) in [5.41, 5.74) is -0.436. The van der Waals surface area contributed by atoms with Crippen molar-refractivity contribution in [2.24, 2.45) is 0 Å². The summed E-state index contributed by atoms with van der Waals surface area (Å²) in [4.78, 5) is 22.8. The maximum Gasteiger partial charge on any atom is 0.408 e. The van der Waals surface area contributed by atoms with E-state index in [1.807, 2.05) is 0 Å². The molecule has 22 heavy (non-hydrogen) atoms. The first-order valence-electron chi connectivity index (χ1n) is 6.70. The van der Waals surface area contributed by atoms with E-state index in [0.29, 0.717) is 5.75 Å². The van der Waals surface area contributed by atoms with Gasteiger partial charge in [-0.15, -0.1) is 0 Å². The molecule has 1 atom stereocenters. The van der Waals surface area contributed by atoms with E-state index in [1.54, 1.807) is 26.8 Å². The number of hydrogen-bond acceptors (Lipinski definition) is 5. The molecule has 0 aliphatic rings. The van der Waals surface area contributed by atoms with E-state index in [4.69, 9.17) is 14.6 Å². The highest BCUT2D eigenvalue weighted by atomic mass is 16.6. The van der Waals surface area contributed by atoms with Crippen molar-refractivity contribution in [3.63, 3.8) is 0 Å². The third-order valence-electron chi connectivity index (χ3n) is 2.68. The van der Waals surface area contributed by atoms with E-state index < -0.39 is 23.7 Å². The van der Waals surface area contributed by atoms with E-state index in [-0.39, 0.29) is 17.7 Å². The molecule has 0 aliphatic heterocycles. The molecule has 7 nitrogen and oxygen atoms in total. The number of rotatable bonds is 5. The molecule has 0 aliphatic carbocycles. The minimum Gasteiger partial charge on any atom is -0.507 e. The quantitative estimate of drug-likeness (QED) is 0.771. The molecule has 0 fully saturated rings. The molecule has 1 amide bonds. The lowest BCUT2D eigenvalue weighted by molar-refractivity contribution is -0.137. The number of ether oxygens (including phenoxy) is 2. The lowest BCUT2D eigenvalue weighted by Gasteiger charge is -2.23. The van der Waals surface area contributed by atoms with E-state index in [9.17, 15) is 14.7 Å². The van der Waals surface area contributed by atoms with Crippen molar-refractivity contribution in [1.82, 2.24) is 5.32 Å². The number of amides is 1. The van der Waals surface area contributed by atoms with Gasteiger partial charge in [0.2, 0.25) is 0 Å². The van der Waals surface area contributed by atoms with Gasteiger partial charge in [-0.25, -0.2) is 4.79 Å². The van der Waals surface area contributed by atoms with Gasteiger partial charge in [-0.3, -0.25) is 4.79 Å². The first-order chi connectivity index (χ1) is 10.1. The number of alkyl carbamates (subject to hydrolysis) is 1. The third kappa shape index (κ3) is 5.51. The predicted molar refractivity (Wildman–Crippen MR) is 79.0 cm³/mol. The monoisotopic (exact) mass is 311 g/mol. The Balaban J connectivity index is 2.98. The van der Waals surface area contributed by atoms with Crippen LogP contribution in [0.1, 0.15) is 38.8 Å². The molecular formula is C15H21NO6. The van der Waals surface area contributed by atoms with Gasteiger partial charge < -0.3 is 25.0 Å². The second-order valence-electron chi connectivity index (χ2n) is 5.72. The standard InChI is InChI=1S/C15H21NO6/c1-15(2,3)22-14(20)16-11(8-13(18)19)10-6-5-9(21-4)7-12(10)17/h5-7,11,17H,8H2,1-4H3,(H,16,20)(H,18,19). The third-order valence-corrected chi connectivity index (χ3v) is 2.68. The average Bonchev–Trinajstić information content (AvgIpc) is 2.34. The van der Waals surface area contributed by atoms with Gasteiger partial charge in [-0.1, -0.05) is 0 Å². The van der Waals surface area contributed by atoms with Crippen molar-refractivity contribution in [2.45, 2.75) is 38.8 Å². The zero-order valence-electron chi connectivity index (χ0n) is 13.0. The minimum absolute atomic E-state index is 0.165. The molecule has 0 radical (unpaired) electrons. The van der Waals surface area contributed by atoms with Crippen LogP contribution in [0, 0.1) is 0 Å². The Morgan fingerprint density at radius 3 is 2.41 bits per heavy atom. The molecular weight excluding hydrogens is 290 g/mol. The van der Waals surface area contributed by atoms with Crippen molar-refractivity contribution in [3.8, 4) is 11.5 Å². The summed E-state index contributed by atoms with van der Waals surface area (Å²) in [6, 6.07) is 3.50. The summed E-state index contributed by atoms with van der Waals surface area (Å²) in [6.45, 7) is 5.09. The molecule has 7 heteroatoms. The Hall–Kier alpha value is -2.44. The molecule has 0 heterocycles. The fourth-order valence-corrected chi connectivity index (χ4v) is 1.81. The van der Waals surface area contributed by atoms with Crippen LogP contribution >= 0.6 is 0 Å². The number of carbonyl (C=O) groups is 2. The minimum atomic E-state index is -1.11. The maximum absolute atomic E-state index is 11.8. The van der Waals surface area contributed by atoms with Crippen molar-refractivity contribution >= 4 is 12.1 Å². The predicted octanol–water partition coefficient (Wildman–Crippen LogP) is 2.44. The van der Waals surface area contributed by atoms with Gasteiger partial charge >= 0.3 is 12.1 Å². The Morgan fingerprint density at radius 1 is 1.32 bits per heavy atom. The van der Waals surface area contributed by atoms with Gasteiger partial charge in [-0.05, 0) is 32.9 Å². The van der Waals surface area contributed by atoms with Gasteiger partial charge in [0.15, 0.2) is 0 Å². The van der Waals surface area contributed by atoms with Crippen LogP contribution in [-0.4, -0.2) is 35.0 Å². The van der Waals surface area contributed by atoms with Crippen molar-refractivity contribution < 1.29 is 29.3 Å². The maximum atomic E-state index is 11.8. The number of carboxylic acid groups (broad SMARTS) is 1. The molecule has 122 valence electrons. The molecule has 0 aromatic heterocycles. The number of carboxylic acids is 1. The van der Waals surface area contributed by atoms with Crippen LogP contribution in [0.15, 0.2) is 18.2 Å². The molecule has 1 aromatic rings. The number of aromatic hydroxyl groups is 1. The number of phenols is 1. The second-order valence-corrected chi connectivity index (χ2v) is 5.72. The molecule has 3 N–H and O–H groups in total. The molecule has 0 spiro atoms. The Bertz CT molecular complexity index is 549. The van der Waals surface area contributed by atoms with Crippen LogP contribution in [0.5, 0.6) is 11.5 Å². The molecule has 1 rings (SSSR count). The smallest absolute Gasteiger partial charge is 0.408 e. The molecule has 0 bridgehead atoms. The topological polar surface area (TPSA) is 105 Å². The van der Waals surface area contributed by atoms with E-state index in [1.165, 1.54) is 19.2 Å². The largest absolute Gasteiger partial charge is 0.507 e. The van der Waals surface area contributed by atoms with E-state index >= 15 is 0 Å². The zero-order chi connectivity index (χ0) is 16.9. The number of phenolic OH excluding ortho intramolecular Hbond substituents is 1. The van der Waals surface area contributed by atoms with Crippen LogP contribution in [0.4, 0.5) is 4.79 Å². The summed E-state index contributed by atoms with van der Waals surface area (Å²) < 4.78 is 10.1. The fraction of sp³-hybridized carbons (Fsp3) is 0.467. The molecule has 0 saturated carbocycles. The van der Waals surface area contributed by atoms with Crippen molar-refractivity contribution in [1.29, 1.82) is 0 Å². The Kier molecular flexibility index (Phi) is 5.62. The number of aliphatic carboxylic acids is 1. The highest BCUT2D eigenvalue weighted by molar-refractivity contribution is 5.72. The van der Waals surface area contributed by atoms with Crippen LogP contribution in [0.25, 0.3) is 0 Å².